The Kier molecular flexibility index (Phi) is 9.90. The van der Waals surface area contributed by atoms with Gasteiger partial charge in [-0.15, -0.1) is 22.7 Å². The van der Waals surface area contributed by atoms with Gasteiger partial charge < -0.3 is 9.80 Å². The molecule has 9 rings (SSSR count). The molecule has 2 nitrogen and oxygen atoms in total. The van der Waals surface area contributed by atoms with E-state index in [2.05, 4.69) is 230 Å². The van der Waals surface area contributed by atoms with Crippen LogP contribution in [0.4, 0.5) is 34.1 Å². The van der Waals surface area contributed by atoms with Gasteiger partial charge in [0.15, 0.2) is 0 Å². The van der Waals surface area contributed by atoms with Crippen LogP contribution in [-0.4, -0.2) is 0 Å². The van der Waals surface area contributed by atoms with Gasteiger partial charge in [0.05, 0.1) is 0 Å². The van der Waals surface area contributed by atoms with Gasteiger partial charge in [-0.2, -0.15) is 0 Å². The highest BCUT2D eigenvalue weighted by Gasteiger charge is 2.15. The van der Waals surface area contributed by atoms with E-state index in [1.165, 1.54) is 52.9 Å². The molecule has 0 saturated carbocycles. The number of para-hydroxylation sites is 2. The van der Waals surface area contributed by atoms with E-state index in [1.807, 2.05) is 22.7 Å². The lowest BCUT2D eigenvalue weighted by Gasteiger charge is -2.26. The molecule has 0 bridgehead atoms. The molecule has 2 heterocycles. The first-order valence-electron chi connectivity index (χ1n) is 18.9. The highest BCUT2D eigenvalue weighted by Crippen LogP contribution is 2.39. The first kappa shape index (κ1) is 35.3. The summed E-state index contributed by atoms with van der Waals surface area (Å²) in [6.07, 6.45) is 0. The minimum Gasteiger partial charge on any atom is -0.311 e. The molecule has 2 aromatic heterocycles. The first-order valence-corrected chi connectivity index (χ1v) is 20.5. The summed E-state index contributed by atoms with van der Waals surface area (Å²) < 4.78 is 0. The Morgan fingerprint density at radius 2 is 0.500 bits per heavy atom. The molecule has 9 aromatic rings. The van der Waals surface area contributed by atoms with Crippen molar-refractivity contribution < 1.29 is 0 Å². The van der Waals surface area contributed by atoms with Crippen molar-refractivity contribution in [1.82, 2.24) is 0 Å². The lowest BCUT2D eigenvalue weighted by molar-refractivity contribution is 1.28. The van der Waals surface area contributed by atoms with E-state index in [0.29, 0.717) is 0 Å². The summed E-state index contributed by atoms with van der Waals surface area (Å²) in [5.74, 6) is 0. The molecule has 0 N–H and O–H groups in total. The molecule has 0 amide bonds. The van der Waals surface area contributed by atoms with Gasteiger partial charge in [0.2, 0.25) is 0 Å². The molecule has 0 aliphatic rings. The van der Waals surface area contributed by atoms with Gasteiger partial charge in [-0.3, -0.25) is 0 Å². The number of thiophene rings is 2. The Bertz CT molecular complexity index is 2470. The van der Waals surface area contributed by atoms with Crippen molar-refractivity contribution in [3.8, 4) is 43.1 Å². The smallest absolute Gasteiger partial charge is 0.0462 e. The Hall–Kier alpha value is -6.46. The second kappa shape index (κ2) is 15.7. The summed E-state index contributed by atoms with van der Waals surface area (Å²) in [4.78, 5) is 9.88. The highest BCUT2D eigenvalue weighted by atomic mass is 32.1. The Balaban J connectivity index is 0.944. The molecular formula is C52H40N2S2. The zero-order valence-electron chi connectivity index (χ0n) is 31.3. The fourth-order valence-corrected chi connectivity index (χ4v) is 8.98. The van der Waals surface area contributed by atoms with E-state index in [4.69, 9.17) is 0 Å². The largest absolute Gasteiger partial charge is 0.311 e. The molecule has 270 valence electrons. The van der Waals surface area contributed by atoms with Crippen molar-refractivity contribution in [3.63, 3.8) is 0 Å². The minimum atomic E-state index is 1.12. The van der Waals surface area contributed by atoms with Crippen LogP contribution in [0.2, 0.25) is 0 Å². The molecule has 4 heteroatoms. The van der Waals surface area contributed by atoms with Crippen LogP contribution in [-0.2, 0) is 0 Å². The minimum absolute atomic E-state index is 1.12. The molecule has 0 atom stereocenters. The normalized spacial score (nSPS) is 11.0. The lowest BCUT2D eigenvalue weighted by Crippen LogP contribution is -2.09. The van der Waals surface area contributed by atoms with Crippen molar-refractivity contribution in [2.75, 3.05) is 9.80 Å². The molecule has 0 spiro atoms. The fourth-order valence-electron chi connectivity index (χ4n) is 7.24. The van der Waals surface area contributed by atoms with Crippen LogP contribution in [0, 0.1) is 13.8 Å². The number of benzene rings is 7. The third-order valence-corrected chi connectivity index (χ3v) is 12.2. The molecule has 0 aliphatic carbocycles. The van der Waals surface area contributed by atoms with Gasteiger partial charge in [0, 0.05) is 53.6 Å². The van der Waals surface area contributed by atoms with Gasteiger partial charge in [0.1, 0.15) is 0 Å². The van der Waals surface area contributed by atoms with Crippen LogP contribution < -0.4 is 9.80 Å². The molecular weight excluding hydrogens is 717 g/mol. The van der Waals surface area contributed by atoms with Crippen LogP contribution in [0.5, 0.6) is 0 Å². The average Bonchev–Trinajstić information content (AvgIpc) is 3.91. The predicted molar refractivity (Wildman–Crippen MR) is 243 cm³/mol. The van der Waals surface area contributed by atoms with Gasteiger partial charge in [-0.25, -0.2) is 0 Å². The Labute approximate surface area is 337 Å². The van der Waals surface area contributed by atoms with E-state index in [9.17, 15) is 0 Å². The first-order chi connectivity index (χ1) is 27.6. The Morgan fingerprint density at radius 1 is 0.250 bits per heavy atom. The number of hydrogen-bond acceptors (Lipinski definition) is 4. The topological polar surface area (TPSA) is 6.48 Å². The van der Waals surface area contributed by atoms with E-state index < -0.39 is 0 Å². The van der Waals surface area contributed by atoms with E-state index in [0.717, 1.165) is 34.1 Å². The molecule has 0 saturated heterocycles. The fraction of sp³-hybridized carbons (Fsp3) is 0.0385. The van der Waals surface area contributed by atoms with Crippen molar-refractivity contribution >= 4 is 56.8 Å². The third-order valence-electron chi connectivity index (χ3n) is 10.1. The maximum absolute atomic E-state index is 2.32. The molecule has 0 aliphatic heterocycles. The number of nitrogens with zero attached hydrogens (tertiary/aromatic N) is 2. The van der Waals surface area contributed by atoms with Crippen LogP contribution >= 0.6 is 22.7 Å². The number of anilines is 6. The molecule has 7 aromatic carbocycles. The van der Waals surface area contributed by atoms with E-state index in [-0.39, 0.29) is 0 Å². The summed E-state index contributed by atoms with van der Waals surface area (Å²) in [6.45, 7) is 4.31. The SMILES string of the molecule is Cc1ccc(-c2ccc(N(c3ccccc3)c3ccc(-c4ccc(-c5ccc(N(c6ccccc6)c6ccc(-c7ccc(C)s7)cc6)cc5)cc4)cc3)cc2)s1. The zero-order chi connectivity index (χ0) is 37.8. The standard InChI is InChI=1S/C52H40N2S2/c1-37-13-35-51(55-37)43-23-31-49(32-24-43)53(45-9-5-3-6-10-45)47-27-19-41(20-28-47)39-15-17-40(18-16-39)42-21-29-48(30-22-42)54(46-11-7-4-8-12-46)50-33-25-44(26-34-50)52-36-14-38(2)56-52/h3-36H,1-2H3. The van der Waals surface area contributed by atoms with Crippen LogP contribution in [0.25, 0.3) is 43.1 Å². The van der Waals surface area contributed by atoms with Gasteiger partial charge in [-0.05, 0) is 144 Å². The summed E-state index contributed by atoms with van der Waals surface area (Å²) >= 11 is 3.66. The van der Waals surface area contributed by atoms with E-state index >= 15 is 0 Å². The van der Waals surface area contributed by atoms with Gasteiger partial charge in [0.25, 0.3) is 0 Å². The number of aryl methyl sites for hydroxylation is 2. The summed E-state index contributed by atoms with van der Waals surface area (Å²) in [5.41, 5.74) is 14.0. The zero-order valence-corrected chi connectivity index (χ0v) is 33.0. The Morgan fingerprint density at radius 3 is 0.768 bits per heavy atom. The number of hydrogen-bond donors (Lipinski definition) is 0. The predicted octanol–water partition coefficient (Wildman–Crippen LogP) is 16.0. The highest BCUT2D eigenvalue weighted by molar-refractivity contribution is 7.15. The van der Waals surface area contributed by atoms with Crippen molar-refractivity contribution in [2.45, 2.75) is 13.8 Å². The maximum Gasteiger partial charge on any atom is 0.0462 e. The summed E-state index contributed by atoms with van der Waals surface area (Å²) in [6, 6.07) is 74.5. The second-order valence-corrected chi connectivity index (χ2v) is 16.5. The summed E-state index contributed by atoms with van der Waals surface area (Å²) in [5, 5.41) is 0. The van der Waals surface area contributed by atoms with Crippen molar-refractivity contribution in [1.29, 1.82) is 0 Å². The van der Waals surface area contributed by atoms with Gasteiger partial charge in [-0.1, -0.05) is 109 Å². The van der Waals surface area contributed by atoms with E-state index in [1.54, 1.807) is 0 Å². The average molecular weight is 757 g/mol. The van der Waals surface area contributed by atoms with Crippen LogP contribution in [0.15, 0.2) is 206 Å². The quantitative estimate of drug-likeness (QED) is 0.137. The molecule has 0 radical (unpaired) electrons. The van der Waals surface area contributed by atoms with Crippen molar-refractivity contribution in [3.05, 3.63) is 216 Å². The van der Waals surface area contributed by atoms with Gasteiger partial charge >= 0.3 is 0 Å². The van der Waals surface area contributed by atoms with Crippen molar-refractivity contribution in [2.24, 2.45) is 0 Å². The van der Waals surface area contributed by atoms with Crippen LogP contribution in [0.1, 0.15) is 9.75 Å². The molecule has 0 unspecified atom stereocenters. The maximum atomic E-state index is 2.32. The molecule has 56 heavy (non-hydrogen) atoms. The van der Waals surface area contributed by atoms with Crippen LogP contribution in [0.3, 0.4) is 0 Å². The molecule has 0 fully saturated rings. The number of rotatable bonds is 10. The summed E-state index contributed by atoms with van der Waals surface area (Å²) in [7, 11) is 0. The third kappa shape index (κ3) is 7.45. The monoisotopic (exact) mass is 756 g/mol. The second-order valence-electron chi connectivity index (χ2n) is 13.9. The lowest BCUT2D eigenvalue weighted by atomic mass is 9.99.